The molecule has 2 heterocycles. The molecule has 0 atom stereocenters. The summed E-state index contributed by atoms with van der Waals surface area (Å²) in [5, 5.41) is 8.41. The number of nitrogens with one attached hydrogen (secondary N) is 3. The second-order valence-electron chi connectivity index (χ2n) is 8.14. The number of benzene rings is 1. The van der Waals surface area contributed by atoms with Crippen molar-refractivity contribution < 1.29 is 4.74 Å². The molecule has 0 bridgehead atoms. The highest BCUT2D eigenvalue weighted by Gasteiger charge is 2.19. The number of H-pyrrole nitrogens is 1. The zero-order valence-corrected chi connectivity index (χ0v) is 18.2. The average Bonchev–Trinajstić information content (AvgIpc) is 3.14. The summed E-state index contributed by atoms with van der Waals surface area (Å²) >= 11 is 0. The van der Waals surface area contributed by atoms with Gasteiger partial charge in [0.2, 0.25) is 0 Å². The Labute approximate surface area is 175 Å². The summed E-state index contributed by atoms with van der Waals surface area (Å²) in [7, 11) is 1.85. The molecule has 160 valence electrons. The average molecular weight is 400 g/mol. The van der Waals surface area contributed by atoms with Crippen LogP contribution in [0, 0.1) is 0 Å². The number of hydrogen-bond donors (Lipinski definition) is 3. The molecule has 0 spiro atoms. The summed E-state index contributed by atoms with van der Waals surface area (Å²) in [6.07, 6.45) is 6.90. The monoisotopic (exact) mass is 399 g/mol. The van der Waals surface area contributed by atoms with Gasteiger partial charge in [0.15, 0.2) is 5.96 Å². The summed E-state index contributed by atoms with van der Waals surface area (Å²) in [5.41, 5.74) is 2.61. The number of piperidine rings is 1. The molecule has 1 aliphatic rings. The van der Waals surface area contributed by atoms with Crippen LogP contribution < -0.4 is 10.6 Å². The maximum absolute atomic E-state index is 5.67. The molecule has 0 amide bonds. The van der Waals surface area contributed by atoms with Gasteiger partial charge in [-0.2, -0.15) is 0 Å². The summed E-state index contributed by atoms with van der Waals surface area (Å²) < 4.78 is 5.67. The second-order valence-corrected chi connectivity index (χ2v) is 8.14. The van der Waals surface area contributed by atoms with Crippen LogP contribution in [0.25, 0.3) is 10.9 Å². The van der Waals surface area contributed by atoms with Crippen LogP contribution in [0.5, 0.6) is 0 Å². The zero-order chi connectivity index (χ0) is 20.5. The highest BCUT2D eigenvalue weighted by molar-refractivity contribution is 5.83. The lowest BCUT2D eigenvalue weighted by molar-refractivity contribution is 0.0532. The molecule has 3 rings (SSSR count). The smallest absolute Gasteiger partial charge is 0.191 e. The van der Waals surface area contributed by atoms with Gasteiger partial charge in [-0.3, -0.25) is 4.99 Å². The van der Waals surface area contributed by atoms with Crippen molar-refractivity contribution in [2.45, 2.75) is 51.7 Å². The topological polar surface area (TPSA) is 64.7 Å². The second kappa shape index (κ2) is 11.2. The van der Waals surface area contributed by atoms with E-state index in [-0.39, 0.29) is 0 Å². The first-order chi connectivity index (χ1) is 14.2. The molecule has 1 aromatic heterocycles. The van der Waals surface area contributed by atoms with Gasteiger partial charge in [0.1, 0.15) is 0 Å². The van der Waals surface area contributed by atoms with Crippen LogP contribution in [-0.4, -0.2) is 67.8 Å². The number of likely N-dealkylation sites (tertiary alicyclic amines) is 1. The SMILES string of the molecule is CN=C(NCCCc1c[nH]c2ccccc12)NC1CCN(CCOC(C)C)CC1. The van der Waals surface area contributed by atoms with Crippen LogP contribution in [0.2, 0.25) is 0 Å². The Balaban J connectivity index is 1.33. The number of para-hydroxylation sites is 1. The van der Waals surface area contributed by atoms with Crippen molar-refractivity contribution in [1.29, 1.82) is 0 Å². The zero-order valence-electron chi connectivity index (χ0n) is 18.2. The highest BCUT2D eigenvalue weighted by Crippen LogP contribution is 2.18. The van der Waals surface area contributed by atoms with Gasteiger partial charge in [-0.05, 0) is 51.2 Å². The van der Waals surface area contributed by atoms with Crippen LogP contribution in [0.15, 0.2) is 35.5 Å². The molecule has 3 N–H and O–H groups in total. The molecule has 0 radical (unpaired) electrons. The van der Waals surface area contributed by atoms with Gasteiger partial charge in [0.05, 0.1) is 12.7 Å². The lowest BCUT2D eigenvalue weighted by Gasteiger charge is -2.33. The molecule has 1 aliphatic heterocycles. The van der Waals surface area contributed by atoms with Crippen LogP contribution in [0.3, 0.4) is 0 Å². The van der Waals surface area contributed by atoms with E-state index in [0.29, 0.717) is 12.1 Å². The number of nitrogens with zero attached hydrogens (tertiary/aromatic N) is 2. The minimum Gasteiger partial charge on any atom is -0.377 e. The van der Waals surface area contributed by atoms with E-state index in [1.165, 1.54) is 16.5 Å². The first-order valence-electron chi connectivity index (χ1n) is 11.0. The summed E-state index contributed by atoms with van der Waals surface area (Å²) in [5.74, 6) is 0.922. The van der Waals surface area contributed by atoms with Crippen molar-refractivity contribution in [2.75, 3.05) is 39.8 Å². The number of aliphatic imine (C=N–C) groups is 1. The van der Waals surface area contributed by atoms with Gasteiger partial charge in [0.25, 0.3) is 0 Å². The number of aromatic amines is 1. The van der Waals surface area contributed by atoms with E-state index in [2.05, 4.69) is 69.8 Å². The van der Waals surface area contributed by atoms with Crippen molar-refractivity contribution in [3.05, 3.63) is 36.0 Å². The summed E-state index contributed by atoms with van der Waals surface area (Å²) in [6, 6.07) is 9.00. The van der Waals surface area contributed by atoms with Crippen molar-refractivity contribution in [1.82, 2.24) is 20.5 Å². The molecular formula is C23H37N5O. The quantitative estimate of drug-likeness (QED) is 0.344. The van der Waals surface area contributed by atoms with Crippen LogP contribution in [-0.2, 0) is 11.2 Å². The normalized spacial score (nSPS) is 16.6. The first-order valence-corrected chi connectivity index (χ1v) is 11.0. The Kier molecular flexibility index (Phi) is 8.38. The van der Waals surface area contributed by atoms with E-state index >= 15 is 0 Å². The van der Waals surface area contributed by atoms with Crippen LogP contribution >= 0.6 is 0 Å². The van der Waals surface area contributed by atoms with Crippen molar-refractivity contribution >= 4 is 16.9 Å². The fourth-order valence-electron chi connectivity index (χ4n) is 3.93. The van der Waals surface area contributed by atoms with Crippen molar-refractivity contribution in [2.24, 2.45) is 4.99 Å². The molecule has 1 aromatic carbocycles. The van der Waals surface area contributed by atoms with E-state index in [4.69, 9.17) is 4.74 Å². The van der Waals surface area contributed by atoms with Gasteiger partial charge in [-0.15, -0.1) is 0 Å². The van der Waals surface area contributed by atoms with Gasteiger partial charge in [-0.25, -0.2) is 0 Å². The molecule has 29 heavy (non-hydrogen) atoms. The molecule has 6 nitrogen and oxygen atoms in total. The third-order valence-corrected chi connectivity index (χ3v) is 5.60. The molecule has 6 heteroatoms. The van der Waals surface area contributed by atoms with E-state index in [0.717, 1.165) is 64.4 Å². The fraction of sp³-hybridized carbons (Fsp3) is 0.609. The predicted octanol–water partition coefficient (Wildman–Crippen LogP) is 3.15. The maximum atomic E-state index is 5.67. The standard InChI is InChI=1S/C23H37N5O/c1-18(2)29-16-15-28-13-10-20(11-14-28)27-23(24-3)25-12-6-7-19-17-26-22-9-5-4-8-21(19)22/h4-5,8-9,17-18,20,26H,6-7,10-16H2,1-3H3,(H2,24,25,27). The van der Waals surface area contributed by atoms with E-state index < -0.39 is 0 Å². The molecule has 1 saturated heterocycles. The number of fused-ring (bicyclic) bond motifs is 1. The number of hydrogen-bond acceptors (Lipinski definition) is 3. The number of aromatic nitrogens is 1. The minimum absolute atomic E-state index is 0.319. The summed E-state index contributed by atoms with van der Waals surface area (Å²) in [6.45, 7) is 9.21. The molecule has 0 unspecified atom stereocenters. The Morgan fingerprint density at radius 1 is 1.28 bits per heavy atom. The largest absolute Gasteiger partial charge is 0.377 e. The van der Waals surface area contributed by atoms with E-state index in [1.54, 1.807) is 0 Å². The Morgan fingerprint density at radius 3 is 2.83 bits per heavy atom. The Morgan fingerprint density at radius 2 is 2.07 bits per heavy atom. The third-order valence-electron chi connectivity index (χ3n) is 5.60. The van der Waals surface area contributed by atoms with Crippen LogP contribution in [0.4, 0.5) is 0 Å². The molecule has 0 aliphatic carbocycles. The van der Waals surface area contributed by atoms with E-state index in [1.807, 2.05) is 7.05 Å². The van der Waals surface area contributed by atoms with Gasteiger partial charge >= 0.3 is 0 Å². The molecule has 1 fully saturated rings. The van der Waals surface area contributed by atoms with Gasteiger partial charge in [0, 0.05) is 56.4 Å². The Hall–Kier alpha value is -2.05. The maximum Gasteiger partial charge on any atom is 0.191 e. The number of aryl methyl sites for hydroxylation is 1. The molecule has 0 saturated carbocycles. The molecule has 2 aromatic rings. The van der Waals surface area contributed by atoms with Crippen molar-refractivity contribution in [3.63, 3.8) is 0 Å². The van der Waals surface area contributed by atoms with Gasteiger partial charge < -0.3 is 25.3 Å². The van der Waals surface area contributed by atoms with Crippen molar-refractivity contribution in [3.8, 4) is 0 Å². The number of guanidine groups is 1. The summed E-state index contributed by atoms with van der Waals surface area (Å²) in [4.78, 5) is 10.3. The third kappa shape index (κ3) is 6.75. The molecular weight excluding hydrogens is 362 g/mol. The lowest BCUT2D eigenvalue weighted by atomic mass is 10.1. The highest BCUT2D eigenvalue weighted by atomic mass is 16.5. The number of ether oxygens (including phenoxy) is 1. The first kappa shape index (κ1) is 21.7. The van der Waals surface area contributed by atoms with E-state index in [9.17, 15) is 0 Å². The Bertz CT molecular complexity index is 761. The minimum atomic E-state index is 0.319. The fourth-order valence-corrected chi connectivity index (χ4v) is 3.93. The number of rotatable bonds is 9. The van der Waals surface area contributed by atoms with Gasteiger partial charge in [-0.1, -0.05) is 18.2 Å². The lowest BCUT2D eigenvalue weighted by Crippen LogP contribution is -2.49. The predicted molar refractivity (Wildman–Crippen MR) is 122 cm³/mol. The van der Waals surface area contributed by atoms with Crippen LogP contribution in [0.1, 0.15) is 38.7 Å².